The molecular formula is C27H28Cl2FN3O4S. The Morgan fingerprint density at radius 1 is 0.974 bits per heavy atom. The third kappa shape index (κ3) is 7.03. The average Bonchev–Trinajstić information content (AvgIpc) is 2.91. The topological polar surface area (TPSA) is 86.8 Å². The smallest absolute Gasteiger partial charge is 0.264 e. The van der Waals surface area contributed by atoms with Crippen LogP contribution in [0.15, 0.2) is 77.7 Å². The Bertz CT molecular complexity index is 1390. The predicted molar refractivity (Wildman–Crippen MR) is 147 cm³/mol. The summed E-state index contributed by atoms with van der Waals surface area (Å²) in [5.41, 5.74) is 0.286. The molecule has 11 heteroatoms. The summed E-state index contributed by atoms with van der Waals surface area (Å²) in [4.78, 5) is 27.7. The summed E-state index contributed by atoms with van der Waals surface area (Å²) in [6.45, 7) is 2.88. The Hall–Kier alpha value is -3.14. The van der Waals surface area contributed by atoms with E-state index in [9.17, 15) is 22.4 Å². The van der Waals surface area contributed by atoms with Crippen LogP contribution in [0.25, 0.3) is 0 Å². The Morgan fingerprint density at radius 2 is 1.63 bits per heavy atom. The first-order chi connectivity index (χ1) is 18.1. The maximum atomic E-state index is 14.5. The van der Waals surface area contributed by atoms with Crippen molar-refractivity contribution in [2.75, 3.05) is 17.4 Å². The minimum atomic E-state index is -4.24. The Morgan fingerprint density at radius 3 is 2.26 bits per heavy atom. The van der Waals surface area contributed by atoms with Gasteiger partial charge < -0.3 is 10.2 Å². The third-order valence-electron chi connectivity index (χ3n) is 5.82. The molecule has 0 radical (unpaired) electrons. The lowest BCUT2D eigenvalue weighted by Crippen LogP contribution is -2.51. The maximum Gasteiger partial charge on any atom is 0.264 e. The van der Waals surface area contributed by atoms with Gasteiger partial charge in [0, 0.05) is 18.7 Å². The highest BCUT2D eigenvalue weighted by Gasteiger charge is 2.33. The van der Waals surface area contributed by atoms with Crippen LogP contribution in [-0.2, 0) is 26.2 Å². The lowest BCUT2D eigenvalue weighted by Gasteiger charge is -2.32. The van der Waals surface area contributed by atoms with E-state index in [0.29, 0.717) is 13.0 Å². The second-order valence-electron chi connectivity index (χ2n) is 8.50. The van der Waals surface area contributed by atoms with Crippen molar-refractivity contribution in [3.8, 4) is 0 Å². The monoisotopic (exact) mass is 579 g/mol. The van der Waals surface area contributed by atoms with Crippen LogP contribution in [0.5, 0.6) is 0 Å². The molecule has 3 rings (SSSR count). The summed E-state index contributed by atoms with van der Waals surface area (Å²) >= 11 is 12.2. The number of nitrogens with one attached hydrogen (secondary N) is 1. The Kier molecular flexibility index (Phi) is 10.1. The highest BCUT2D eigenvalue weighted by atomic mass is 35.5. The Labute approximate surface area is 232 Å². The van der Waals surface area contributed by atoms with E-state index < -0.39 is 40.2 Å². The van der Waals surface area contributed by atoms with Crippen molar-refractivity contribution in [1.29, 1.82) is 0 Å². The van der Waals surface area contributed by atoms with Crippen LogP contribution in [0.2, 0.25) is 10.0 Å². The molecule has 1 N–H and O–H groups in total. The highest BCUT2D eigenvalue weighted by molar-refractivity contribution is 7.92. The van der Waals surface area contributed by atoms with Gasteiger partial charge in [0.2, 0.25) is 11.8 Å². The molecular weight excluding hydrogens is 552 g/mol. The molecule has 0 saturated heterocycles. The van der Waals surface area contributed by atoms with Crippen LogP contribution < -0.4 is 9.62 Å². The van der Waals surface area contributed by atoms with Crippen molar-refractivity contribution < 1.29 is 22.4 Å². The van der Waals surface area contributed by atoms with E-state index in [-0.39, 0.29) is 32.7 Å². The van der Waals surface area contributed by atoms with Crippen LogP contribution in [0, 0.1) is 5.82 Å². The molecule has 3 aromatic rings. The van der Waals surface area contributed by atoms with Gasteiger partial charge in [-0.15, -0.1) is 0 Å². The first-order valence-electron chi connectivity index (χ1n) is 11.9. The van der Waals surface area contributed by atoms with Crippen molar-refractivity contribution >= 4 is 50.7 Å². The summed E-state index contributed by atoms with van der Waals surface area (Å²) in [5, 5.41) is 3.04. The van der Waals surface area contributed by atoms with Crippen LogP contribution in [-0.4, -0.2) is 44.3 Å². The molecule has 0 aliphatic heterocycles. The number of carbonyl (C=O) groups excluding carboxylic acids is 2. The summed E-state index contributed by atoms with van der Waals surface area (Å²) in [5.74, 6) is -1.70. The minimum Gasteiger partial charge on any atom is -0.354 e. The molecule has 0 saturated carbocycles. The molecule has 3 aromatic carbocycles. The highest BCUT2D eigenvalue weighted by Crippen LogP contribution is 2.31. The van der Waals surface area contributed by atoms with Crippen LogP contribution >= 0.6 is 23.2 Å². The van der Waals surface area contributed by atoms with Gasteiger partial charge in [-0.3, -0.25) is 13.9 Å². The number of hydrogen-bond acceptors (Lipinski definition) is 4. The molecule has 0 aliphatic rings. The molecule has 0 fully saturated rings. The zero-order valence-corrected chi connectivity index (χ0v) is 23.2. The fraction of sp³-hybridized carbons (Fsp3) is 0.259. The van der Waals surface area contributed by atoms with Crippen molar-refractivity contribution in [1.82, 2.24) is 10.2 Å². The van der Waals surface area contributed by atoms with Gasteiger partial charge in [0.25, 0.3) is 10.0 Å². The van der Waals surface area contributed by atoms with Gasteiger partial charge in [-0.25, -0.2) is 12.8 Å². The van der Waals surface area contributed by atoms with E-state index in [1.54, 1.807) is 24.3 Å². The molecule has 38 heavy (non-hydrogen) atoms. The van der Waals surface area contributed by atoms with Gasteiger partial charge in [0.1, 0.15) is 18.4 Å². The molecule has 7 nitrogen and oxygen atoms in total. The van der Waals surface area contributed by atoms with E-state index in [2.05, 4.69) is 5.32 Å². The van der Waals surface area contributed by atoms with Gasteiger partial charge in [-0.05, 0) is 49.7 Å². The summed E-state index contributed by atoms with van der Waals surface area (Å²) in [6, 6.07) is 16.7. The molecule has 1 atom stereocenters. The quantitative estimate of drug-likeness (QED) is 0.335. The lowest BCUT2D eigenvalue weighted by molar-refractivity contribution is -0.139. The fourth-order valence-electron chi connectivity index (χ4n) is 3.68. The number of benzene rings is 3. The van der Waals surface area contributed by atoms with E-state index in [0.717, 1.165) is 9.21 Å². The minimum absolute atomic E-state index is 0.0479. The molecule has 202 valence electrons. The number of nitrogens with zero attached hydrogens (tertiary/aromatic N) is 2. The molecule has 0 unspecified atom stereocenters. The standard InChI is InChI=1S/C27H28Cl2FN3O4S/c1-3-15-31-27(35)19(2)32(17-20-9-7-8-12-25(20)30)26(34)18-33(21-13-14-23(28)24(29)16-21)38(36,37)22-10-5-4-6-11-22/h4-14,16,19H,3,15,17-18H2,1-2H3,(H,31,35)/t19-/m0/s1. The van der Waals surface area contributed by atoms with E-state index in [4.69, 9.17) is 23.2 Å². The lowest BCUT2D eigenvalue weighted by atomic mass is 10.1. The van der Waals surface area contributed by atoms with E-state index in [1.807, 2.05) is 6.92 Å². The van der Waals surface area contributed by atoms with Crippen molar-refractivity contribution in [3.05, 3.63) is 94.2 Å². The van der Waals surface area contributed by atoms with Crippen LogP contribution in [0.1, 0.15) is 25.8 Å². The SMILES string of the molecule is CCCNC(=O)[C@H](C)N(Cc1ccccc1F)C(=O)CN(c1ccc(Cl)c(Cl)c1)S(=O)(=O)c1ccccc1. The van der Waals surface area contributed by atoms with E-state index >= 15 is 0 Å². The molecule has 0 aromatic heterocycles. The number of carbonyl (C=O) groups is 2. The van der Waals surface area contributed by atoms with Crippen molar-refractivity contribution in [2.24, 2.45) is 0 Å². The first kappa shape index (κ1) is 29.4. The van der Waals surface area contributed by atoms with Gasteiger partial charge in [-0.1, -0.05) is 66.5 Å². The van der Waals surface area contributed by atoms with Crippen LogP contribution in [0.4, 0.5) is 10.1 Å². The van der Waals surface area contributed by atoms with Gasteiger partial charge >= 0.3 is 0 Å². The summed E-state index contributed by atoms with van der Waals surface area (Å²) < 4.78 is 42.8. The number of rotatable bonds is 11. The summed E-state index contributed by atoms with van der Waals surface area (Å²) in [6.07, 6.45) is 0.681. The number of amides is 2. The normalized spacial score (nSPS) is 12.0. The molecule has 0 bridgehead atoms. The van der Waals surface area contributed by atoms with Crippen molar-refractivity contribution in [3.63, 3.8) is 0 Å². The summed E-state index contributed by atoms with van der Waals surface area (Å²) in [7, 11) is -4.24. The fourth-order valence-corrected chi connectivity index (χ4v) is 5.40. The average molecular weight is 581 g/mol. The van der Waals surface area contributed by atoms with Gasteiger partial charge in [0.15, 0.2) is 0 Å². The first-order valence-corrected chi connectivity index (χ1v) is 14.1. The van der Waals surface area contributed by atoms with Crippen molar-refractivity contribution in [2.45, 2.75) is 37.8 Å². The number of hydrogen-bond donors (Lipinski definition) is 1. The van der Waals surface area contributed by atoms with Gasteiger partial charge in [0.05, 0.1) is 20.6 Å². The largest absolute Gasteiger partial charge is 0.354 e. The second kappa shape index (κ2) is 13.1. The third-order valence-corrected chi connectivity index (χ3v) is 8.34. The zero-order chi connectivity index (χ0) is 27.9. The number of halogens is 3. The predicted octanol–water partition coefficient (Wildman–Crippen LogP) is 5.27. The molecule has 0 heterocycles. The van der Waals surface area contributed by atoms with Gasteiger partial charge in [-0.2, -0.15) is 0 Å². The maximum absolute atomic E-state index is 14.5. The molecule has 2 amide bonds. The Balaban J connectivity index is 2.04. The van der Waals surface area contributed by atoms with E-state index in [1.165, 1.54) is 55.5 Å². The zero-order valence-electron chi connectivity index (χ0n) is 20.9. The number of sulfonamides is 1. The second-order valence-corrected chi connectivity index (χ2v) is 11.2. The van der Waals surface area contributed by atoms with Crippen LogP contribution in [0.3, 0.4) is 0 Å². The number of anilines is 1. The molecule has 0 spiro atoms. The molecule has 0 aliphatic carbocycles.